The normalized spacial score (nSPS) is 13.8. The molecule has 0 bridgehead atoms. The van der Waals surface area contributed by atoms with Gasteiger partial charge in [0.1, 0.15) is 0 Å². The van der Waals surface area contributed by atoms with Crippen molar-refractivity contribution in [2.75, 3.05) is 0 Å². The summed E-state index contributed by atoms with van der Waals surface area (Å²) in [7, 11) is 0. The monoisotopic (exact) mass is 101 g/mol. The molecule has 0 aromatic rings. The fourth-order valence-electron chi connectivity index (χ4n) is 0.455. The van der Waals surface area contributed by atoms with E-state index in [1.54, 1.807) is 0 Å². The summed E-state index contributed by atoms with van der Waals surface area (Å²) in [5, 5.41) is 1.34. The van der Waals surface area contributed by atoms with Gasteiger partial charge in [0, 0.05) is 0 Å². The van der Waals surface area contributed by atoms with E-state index >= 15 is 0 Å². The zero-order chi connectivity index (χ0) is 4.99. The van der Waals surface area contributed by atoms with Crippen LogP contribution in [0.1, 0.15) is 13.8 Å². The summed E-state index contributed by atoms with van der Waals surface area (Å²) in [4.78, 5) is 0.537. The minimum Gasteiger partial charge on any atom is -0.341 e. The van der Waals surface area contributed by atoms with Gasteiger partial charge in [-0.2, -0.15) is 0 Å². The molecule has 0 aromatic carbocycles. The fraction of sp³-hybridized carbons (Fsp3) is 1.00. The first-order valence-corrected chi connectivity index (χ1v) is 4.34. The molecule has 0 amide bonds. The maximum absolute atomic E-state index is 5.46. The molecule has 0 heterocycles. The second kappa shape index (κ2) is 3.67. The second-order valence-electron chi connectivity index (χ2n) is 1.77. The molecule has 2 heteroatoms. The Morgan fingerprint density at radius 3 is 2.33 bits per heavy atom. The van der Waals surface area contributed by atoms with E-state index < -0.39 is 0 Å². The number of hydrogen-bond acceptors (Lipinski definition) is 1. The molecule has 1 atom stereocenters. The van der Waals surface area contributed by atoms with Crippen LogP contribution in [0.4, 0.5) is 0 Å². The average molecular weight is 101 g/mol. The Kier molecular flexibility index (Phi) is 3.98. The van der Waals surface area contributed by atoms with Gasteiger partial charge in [-0.05, 0) is 4.90 Å². The van der Waals surface area contributed by atoms with Crippen molar-refractivity contribution in [3.8, 4) is 0 Å². The highest BCUT2D eigenvalue weighted by atomic mass is 27.1. The fourth-order valence-corrected chi connectivity index (χ4v) is 1.37. The lowest BCUT2D eigenvalue weighted by atomic mass is 10.8. The maximum atomic E-state index is 5.46. The molecule has 0 saturated carbocycles. The maximum Gasteiger partial charge on any atom is 0.261 e. The molecule has 0 aromatic heterocycles. The van der Waals surface area contributed by atoms with E-state index in [2.05, 4.69) is 13.8 Å². The summed E-state index contributed by atoms with van der Waals surface area (Å²) in [6, 6.07) is 0. The van der Waals surface area contributed by atoms with Crippen LogP contribution in [0.3, 0.4) is 0 Å². The third-order valence-corrected chi connectivity index (χ3v) is 2.23. The van der Waals surface area contributed by atoms with Gasteiger partial charge in [0.05, 0.1) is 0 Å². The lowest BCUT2D eigenvalue weighted by Crippen LogP contribution is -2.21. The summed E-state index contributed by atoms with van der Waals surface area (Å²) in [5.41, 5.74) is 5.46. The van der Waals surface area contributed by atoms with Crippen LogP contribution in [0.15, 0.2) is 0 Å². The predicted molar refractivity (Wildman–Crippen MR) is 31.3 cm³/mol. The van der Waals surface area contributed by atoms with Crippen LogP contribution in [-0.4, -0.2) is 20.1 Å². The molecule has 1 nitrogen and oxygen atoms in total. The largest absolute Gasteiger partial charge is 0.341 e. The Hall–Kier alpha value is 0.492. The standard InChI is InChI=1S/C2H6N.C2H5.Al.H/c1-2-3;1-2;;/h2H,3H2,1H3;1H2,2H3;;. The SMILES string of the molecule is C[CH2][AlH][CH](C)N. The molecule has 36 valence electrons. The minimum atomic E-state index is 0.134. The highest BCUT2D eigenvalue weighted by molar-refractivity contribution is 6.37. The highest BCUT2D eigenvalue weighted by Crippen LogP contribution is 1.75. The molecule has 0 saturated heterocycles. The third-order valence-electron chi connectivity index (χ3n) is 0.744. The molecule has 0 spiro atoms. The van der Waals surface area contributed by atoms with E-state index in [-0.39, 0.29) is 15.2 Å². The molecular formula is C4H12AlN. The van der Waals surface area contributed by atoms with Gasteiger partial charge in [-0.3, -0.25) is 0 Å². The summed E-state index contributed by atoms with van der Waals surface area (Å²) in [6.45, 7) is 4.30. The van der Waals surface area contributed by atoms with Crippen molar-refractivity contribution < 1.29 is 0 Å². The van der Waals surface area contributed by atoms with Gasteiger partial charge in [0.25, 0.3) is 15.2 Å². The van der Waals surface area contributed by atoms with E-state index in [1.165, 1.54) is 5.28 Å². The molecule has 0 rings (SSSR count). The smallest absolute Gasteiger partial charge is 0.261 e. The first-order valence-electron chi connectivity index (χ1n) is 2.53. The molecule has 0 aliphatic rings. The van der Waals surface area contributed by atoms with Gasteiger partial charge in [0.15, 0.2) is 0 Å². The van der Waals surface area contributed by atoms with Crippen molar-refractivity contribution in [3.63, 3.8) is 0 Å². The van der Waals surface area contributed by atoms with Gasteiger partial charge < -0.3 is 5.73 Å². The molecule has 6 heavy (non-hydrogen) atoms. The van der Waals surface area contributed by atoms with Gasteiger partial charge in [-0.15, -0.1) is 0 Å². The molecule has 0 aliphatic carbocycles. The topological polar surface area (TPSA) is 26.0 Å². The second-order valence-corrected chi connectivity index (χ2v) is 4.63. The van der Waals surface area contributed by atoms with Crippen molar-refractivity contribution in [3.05, 3.63) is 0 Å². The van der Waals surface area contributed by atoms with Crippen LogP contribution < -0.4 is 5.73 Å². The van der Waals surface area contributed by atoms with Crippen molar-refractivity contribution >= 4 is 15.2 Å². The van der Waals surface area contributed by atoms with Crippen LogP contribution in [0.25, 0.3) is 0 Å². The molecule has 0 radical (unpaired) electrons. The van der Waals surface area contributed by atoms with Gasteiger partial charge in [0.2, 0.25) is 0 Å². The van der Waals surface area contributed by atoms with Crippen LogP contribution in [0, 0.1) is 0 Å². The van der Waals surface area contributed by atoms with E-state index in [9.17, 15) is 0 Å². The van der Waals surface area contributed by atoms with E-state index in [1.807, 2.05) is 0 Å². The Morgan fingerprint density at radius 1 is 1.83 bits per heavy atom. The molecule has 0 aliphatic heterocycles. The van der Waals surface area contributed by atoms with Crippen molar-refractivity contribution in [2.45, 2.75) is 24.0 Å². The highest BCUT2D eigenvalue weighted by Gasteiger charge is 1.91. The first kappa shape index (κ1) is 6.49. The summed E-state index contributed by atoms with van der Waals surface area (Å²) >= 11 is 0.134. The van der Waals surface area contributed by atoms with E-state index in [0.717, 1.165) is 0 Å². The summed E-state index contributed by atoms with van der Waals surface area (Å²) < 4.78 is 0. The van der Waals surface area contributed by atoms with Crippen LogP contribution in [0.5, 0.6) is 0 Å². The lowest BCUT2D eigenvalue weighted by Gasteiger charge is -1.92. The Morgan fingerprint density at radius 2 is 2.33 bits per heavy atom. The quantitative estimate of drug-likeness (QED) is 0.493. The van der Waals surface area contributed by atoms with Gasteiger partial charge >= 0.3 is 0 Å². The molecule has 2 N–H and O–H groups in total. The Balaban J connectivity index is 2.63. The minimum absolute atomic E-state index is 0.134. The average Bonchev–Trinajstić information content (AvgIpc) is 1.35. The van der Waals surface area contributed by atoms with E-state index in [4.69, 9.17) is 5.73 Å². The lowest BCUT2D eigenvalue weighted by molar-refractivity contribution is 1.00. The Labute approximate surface area is 45.6 Å². The number of hydrogen-bond donors (Lipinski definition) is 1. The number of nitrogens with two attached hydrogens (primary N) is 1. The zero-order valence-electron chi connectivity index (χ0n) is 4.57. The number of rotatable bonds is 2. The predicted octanol–water partition coefficient (Wildman–Crippen LogP) is 0.166. The van der Waals surface area contributed by atoms with Crippen LogP contribution in [0.2, 0.25) is 5.28 Å². The summed E-state index contributed by atoms with van der Waals surface area (Å²) in [6.07, 6.45) is 0. The van der Waals surface area contributed by atoms with Crippen molar-refractivity contribution in [2.24, 2.45) is 5.73 Å². The van der Waals surface area contributed by atoms with Gasteiger partial charge in [-0.25, -0.2) is 0 Å². The van der Waals surface area contributed by atoms with Crippen molar-refractivity contribution in [1.82, 2.24) is 0 Å². The van der Waals surface area contributed by atoms with Crippen LogP contribution >= 0.6 is 0 Å². The molecule has 0 fully saturated rings. The van der Waals surface area contributed by atoms with E-state index in [0.29, 0.717) is 4.90 Å². The molecule has 1 unspecified atom stereocenters. The Bertz CT molecular complexity index is 28.7. The molecular weight excluding hydrogens is 89.0 g/mol. The summed E-state index contributed by atoms with van der Waals surface area (Å²) in [5.74, 6) is 0. The van der Waals surface area contributed by atoms with Gasteiger partial charge in [-0.1, -0.05) is 19.1 Å². The zero-order valence-corrected chi connectivity index (χ0v) is 5.98. The first-order chi connectivity index (χ1) is 2.77. The third kappa shape index (κ3) is 4.49. The van der Waals surface area contributed by atoms with Crippen molar-refractivity contribution in [1.29, 1.82) is 0 Å². The van der Waals surface area contributed by atoms with Crippen LogP contribution in [-0.2, 0) is 0 Å².